The van der Waals surface area contributed by atoms with Crippen LogP contribution in [0.3, 0.4) is 0 Å². The van der Waals surface area contributed by atoms with Gasteiger partial charge in [0, 0.05) is 33.1 Å². The van der Waals surface area contributed by atoms with E-state index in [0.717, 1.165) is 17.1 Å². The molecule has 0 saturated carbocycles. The van der Waals surface area contributed by atoms with Gasteiger partial charge >= 0.3 is 0 Å². The van der Waals surface area contributed by atoms with Crippen LogP contribution in [0, 0.1) is 0 Å². The molecule has 4 N–H and O–H groups in total. The fourth-order valence-corrected chi connectivity index (χ4v) is 4.12. The van der Waals surface area contributed by atoms with Gasteiger partial charge in [0.15, 0.2) is 11.6 Å². The Morgan fingerprint density at radius 2 is 1.12 bits per heavy atom. The van der Waals surface area contributed by atoms with Gasteiger partial charge in [0.2, 0.25) is 0 Å². The van der Waals surface area contributed by atoms with Crippen LogP contribution in [0.15, 0.2) is 89.8 Å². The summed E-state index contributed by atoms with van der Waals surface area (Å²) in [4.78, 5) is 26.9. The van der Waals surface area contributed by atoms with Crippen LogP contribution in [0.2, 0.25) is 0 Å². The molecule has 0 fully saturated rings. The molecule has 1 aliphatic carbocycles. The number of anilines is 5. The van der Waals surface area contributed by atoms with Crippen LogP contribution >= 0.6 is 12.6 Å². The molecule has 0 heterocycles. The highest BCUT2D eigenvalue weighted by molar-refractivity contribution is 7.80. The fourth-order valence-electron chi connectivity index (χ4n) is 3.88. The SMILES string of the molecule is Nc1c(S)cc(Nc2ccc(Nc3ccccc3)cc2)c2c1C(=O)c1ccccc1C2=O. The lowest BCUT2D eigenvalue weighted by Crippen LogP contribution is -2.24. The topological polar surface area (TPSA) is 84.2 Å². The molecule has 0 saturated heterocycles. The van der Waals surface area contributed by atoms with E-state index in [1.807, 2.05) is 54.6 Å². The summed E-state index contributed by atoms with van der Waals surface area (Å²) >= 11 is 4.44. The molecule has 6 heteroatoms. The van der Waals surface area contributed by atoms with Gasteiger partial charge in [-0.3, -0.25) is 9.59 Å². The minimum atomic E-state index is -0.269. The molecule has 0 amide bonds. The number of para-hydroxylation sites is 1. The van der Waals surface area contributed by atoms with E-state index in [9.17, 15) is 9.59 Å². The average Bonchev–Trinajstić information content (AvgIpc) is 2.81. The zero-order valence-corrected chi connectivity index (χ0v) is 17.8. The number of carbonyl (C=O) groups is 2. The van der Waals surface area contributed by atoms with E-state index in [1.54, 1.807) is 30.3 Å². The van der Waals surface area contributed by atoms with Crippen LogP contribution in [-0.4, -0.2) is 11.6 Å². The number of thiol groups is 1. The number of carbonyl (C=O) groups excluding carboxylic acids is 2. The largest absolute Gasteiger partial charge is 0.397 e. The lowest BCUT2D eigenvalue weighted by atomic mass is 9.82. The quantitative estimate of drug-likeness (QED) is 0.210. The number of nitrogen functional groups attached to an aromatic ring is 1. The van der Waals surface area contributed by atoms with E-state index in [4.69, 9.17) is 5.73 Å². The zero-order valence-electron chi connectivity index (χ0n) is 16.9. The Morgan fingerprint density at radius 3 is 1.75 bits per heavy atom. The van der Waals surface area contributed by atoms with Gasteiger partial charge < -0.3 is 16.4 Å². The van der Waals surface area contributed by atoms with Crippen LogP contribution in [0.25, 0.3) is 0 Å². The van der Waals surface area contributed by atoms with E-state index < -0.39 is 0 Å². The maximum Gasteiger partial charge on any atom is 0.196 e. The number of ketones is 2. The molecule has 0 aromatic heterocycles. The molecule has 32 heavy (non-hydrogen) atoms. The molecule has 5 nitrogen and oxygen atoms in total. The molecule has 5 rings (SSSR count). The zero-order chi connectivity index (χ0) is 22.2. The summed E-state index contributed by atoms with van der Waals surface area (Å²) in [6.45, 7) is 0. The minimum Gasteiger partial charge on any atom is -0.397 e. The maximum absolute atomic E-state index is 13.3. The lowest BCUT2D eigenvalue weighted by Gasteiger charge is -2.23. The Kier molecular flexibility index (Phi) is 4.92. The molecule has 1 aliphatic rings. The number of nitrogens with two attached hydrogens (primary N) is 1. The molecule has 0 atom stereocenters. The van der Waals surface area contributed by atoms with Crippen molar-refractivity contribution in [3.8, 4) is 0 Å². The first kappa shape index (κ1) is 19.9. The Hall–Kier alpha value is -4.03. The predicted octanol–water partition coefficient (Wildman–Crippen LogP) is 5.82. The van der Waals surface area contributed by atoms with Crippen molar-refractivity contribution in [3.05, 3.63) is 107 Å². The lowest BCUT2D eigenvalue weighted by molar-refractivity contribution is 0.0980. The van der Waals surface area contributed by atoms with Gasteiger partial charge in [-0.1, -0.05) is 42.5 Å². The van der Waals surface area contributed by atoms with Crippen molar-refractivity contribution in [2.45, 2.75) is 4.90 Å². The van der Waals surface area contributed by atoms with Crippen LogP contribution < -0.4 is 16.4 Å². The summed E-state index contributed by atoms with van der Waals surface area (Å²) in [6, 6.07) is 26.0. The molecular formula is C26H19N3O2S. The summed E-state index contributed by atoms with van der Waals surface area (Å²) in [5.41, 5.74) is 10.8. The highest BCUT2D eigenvalue weighted by Gasteiger charge is 2.34. The second kappa shape index (κ2) is 7.90. The van der Waals surface area contributed by atoms with E-state index in [1.165, 1.54) is 0 Å². The Morgan fingerprint density at radius 1 is 0.625 bits per heavy atom. The second-order valence-corrected chi connectivity index (χ2v) is 7.99. The number of rotatable bonds is 4. The predicted molar refractivity (Wildman–Crippen MR) is 131 cm³/mol. The first-order chi connectivity index (χ1) is 15.5. The molecule has 0 bridgehead atoms. The third kappa shape index (κ3) is 3.40. The van der Waals surface area contributed by atoms with Crippen LogP contribution in [0.4, 0.5) is 28.4 Å². The van der Waals surface area contributed by atoms with Gasteiger partial charge in [0.25, 0.3) is 0 Å². The van der Waals surface area contributed by atoms with Crippen molar-refractivity contribution >= 4 is 52.6 Å². The fraction of sp³-hybridized carbons (Fsp3) is 0. The number of benzene rings is 4. The molecule has 0 radical (unpaired) electrons. The molecule has 0 aliphatic heterocycles. The van der Waals surface area contributed by atoms with Gasteiger partial charge in [-0.15, -0.1) is 12.6 Å². The van der Waals surface area contributed by atoms with Gasteiger partial charge in [0.05, 0.1) is 22.5 Å². The third-order valence-electron chi connectivity index (χ3n) is 5.44. The Bertz CT molecular complexity index is 1370. The monoisotopic (exact) mass is 437 g/mol. The maximum atomic E-state index is 13.3. The standard InChI is InChI=1S/C26H19N3O2S/c27-24-21(32)14-20(22-23(24)26(31)19-9-5-4-8-18(19)25(22)30)29-17-12-10-16(11-13-17)28-15-6-2-1-3-7-15/h1-14,28-29,32H,27H2. The van der Waals surface area contributed by atoms with E-state index in [-0.39, 0.29) is 28.4 Å². The highest BCUT2D eigenvalue weighted by Crippen LogP contribution is 2.39. The van der Waals surface area contributed by atoms with Gasteiger partial charge in [0.1, 0.15) is 0 Å². The first-order valence-corrected chi connectivity index (χ1v) is 10.5. The van der Waals surface area contributed by atoms with Crippen molar-refractivity contribution in [2.75, 3.05) is 16.4 Å². The Balaban J connectivity index is 1.51. The number of hydrogen-bond acceptors (Lipinski definition) is 6. The summed E-state index contributed by atoms with van der Waals surface area (Å²) in [5.74, 6) is -0.505. The van der Waals surface area contributed by atoms with Crippen molar-refractivity contribution in [1.29, 1.82) is 0 Å². The third-order valence-corrected chi connectivity index (χ3v) is 5.81. The van der Waals surface area contributed by atoms with Crippen molar-refractivity contribution in [2.24, 2.45) is 0 Å². The average molecular weight is 438 g/mol. The molecular weight excluding hydrogens is 418 g/mol. The van der Waals surface area contributed by atoms with Crippen molar-refractivity contribution in [3.63, 3.8) is 0 Å². The number of fused-ring (bicyclic) bond motifs is 2. The second-order valence-electron chi connectivity index (χ2n) is 7.50. The summed E-state index contributed by atoms with van der Waals surface area (Å²) < 4.78 is 0. The molecule has 4 aromatic rings. The highest BCUT2D eigenvalue weighted by atomic mass is 32.1. The molecule has 0 spiro atoms. The van der Waals surface area contributed by atoms with Crippen molar-refractivity contribution < 1.29 is 9.59 Å². The summed E-state index contributed by atoms with van der Waals surface area (Å²) in [7, 11) is 0. The smallest absolute Gasteiger partial charge is 0.196 e. The van der Waals surface area contributed by atoms with Gasteiger partial charge in [-0.05, 0) is 42.5 Å². The summed E-state index contributed by atoms with van der Waals surface area (Å²) in [6.07, 6.45) is 0. The van der Waals surface area contributed by atoms with Crippen LogP contribution in [-0.2, 0) is 0 Å². The molecule has 4 aromatic carbocycles. The van der Waals surface area contributed by atoms with E-state index >= 15 is 0 Å². The van der Waals surface area contributed by atoms with Gasteiger partial charge in [-0.25, -0.2) is 0 Å². The van der Waals surface area contributed by atoms with E-state index in [0.29, 0.717) is 21.7 Å². The van der Waals surface area contributed by atoms with Gasteiger partial charge in [-0.2, -0.15) is 0 Å². The van der Waals surface area contributed by atoms with E-state index in [2.05, 4.69) is 23.3 Å². The molecule has 0 unspecified atom stereocenters. The normalized spacial score (nSPS) is 12.2. The summed E-state index contributed by atoms with van der Waals surface area (Å²) in [5, 5.41) is 6.60. The number of nitrogens with one attached hydrogen (secondary N) is 2. The Labute approximate surface area is 190 Å². The van der Waals surface area contributed by atoms with Crippen LogP contribution in [0.1, 0.15) is 31.8 Å². The molecule has 156 valence electrons. The van der Waals surface area contributed by atoms with Crippen LogP contribution in [0.5, 0.6) is 0 Å². The first-order valence-electron chi connectivity index (χ1n) is 10.1. The van der Waals surface area contributed by atoms with Crippen molar-refractivity contribution in [1.82, 2.24) is 0 Å². The minimum absolute atomic E-state index is 0.200. The number of hydrogen-bond donors (Lipinski definition) is 4.